The molecule has 1 heterocycles. The molecule has 0 saturated carbocycles. The van der Waals surface area contributed by atoms with Crippen LogP contribution in [0.25, 0.3) is 0 Å². The van der Waals surface area contributed by atoms with Crippen molar-refractivity contribution in [1.29, 1.82) is 0 Å². The van der Waals surface area contributed by atoms with Crippen LogP contribution in [-0.2, 0) is 9.59 Å². The number of hydrogen-bond acceptors (Lipinski definition) is 3. The van der Waals surface area contributed by atoms with Crippen LogP contribution in [-0.4, -0.2) is 30.4 Å². The zero-order valence-corrected chi connectivity index (χ0v) is 15.3. The lowest BCUT2D eigenvalue weighted by atomic mass is 9.87. The molecular weight excluding hydrogens is 302 g/mol. The second-order valence-corrected chi connectivity index (χ2v) is 7.39. The maximum Gasteiger partial charge on any atom is 0.227 e. The predicted molar refractivity (Wildman–Crippen MR) is 96.8 cm³/mol. The Labute approximate surface area is 144 Å². The number of anilines is 1. The third kappa shape index (κ3) is 3.46. The lowest BCUT2D eigenvalue weighted by Gasteiger charge is -2.34. The van der Waals surface area contributed by atoms with E-state index in [0.717, 1.165) is 16.8 Å². The van der Waals surface area contributed by atoms with Crippen LogP contribution in [0.5, 0.6) is 0 Å². The number of amides is 2. The summed E-state index contributed by atoms with van der Waals surface area (Å²) >= 11 is 0. The summed E-state index contributed by atoms with van der Waals surface area (Å²) in [6, 6.07) is 5.92. The minimum absolute atomic E-state index is 0.00264. The van der Waals surface area contributed by atoms with Crippen LogP contribution in [0, 0.1) is 25.7 Å². The third-order valence-corrected chi connectivity index (χ3v) is 5.47. The molecule has 3 N–H and O–H groups in total. The Morgan fingerprint density at radius 1 is 1.42 bits per heavy atom. The van der Waals surface area contributed by atoms with Gasteiger partial charge in [-0.1, -0.05) is 26.0 Å². The normalized spacial score (nSPS) is 20.4. The van der Waals surface area contributed by atoms with Gasteiger partial charge in [-0.25, -0.2) is 0 Å². The Morgan fingerprint density at radius 3 is 2.67 bits per heavy atom. The third-order valence-electron chi connectivity index (χ3n) is 5.47. The van der Waals surface area contributed by atoms with E-state index in [0.29, 0.717) is 13.1 Å². The summed E-state index contributed by atoms with van der Waals surface area (Å²) in [7, 11) is 0. The van der Waals surface area contributed by atoms with Crippen LogP contribution in [0.15, 0.2) is 18.2 Å². The topological polar surface area (TPSA) is 75.4 Å². The number of benzene rings is 1. The second-order valence-electron chi connectivity index (χ2n) is 7.39. The Hall–Kier alpha value is -1.88. The van der Waals surface area contributed by atoms with Crippen molar-refractivity contribution < 1.29 is 9.59 Å². The molecule has 1 fully saturated rings. The number of nitrogens with zero attached hydrogens (tertiary/aromatic N) is 1. The molecule has 5 nitrogen and oxygen atoms in total. The highest BCUT2D eigenvalue weighted by atomic mass is 16.2. The molecule has 1 aliphatic rings. The van der Waals surface area contributed by atoms with Gasteiger partial charge in [0.05, 0.1) is 11.5 Å². The van der Waals surface area contributed by atoms with Gasteiger partial charge in [0.15, 0.2) is 0 Å². The van der Waals surface area contributed by atoms with Crippen molar-refractivity contribution in [1.82, 2.24) is 5.32 Å². The monoisotopic (exact) mass is 331 g/mol. The lowest BCUT2D eigenvalue weighted by molar-refractivity contribution is -0.128. The van der Waals surface area contributed by atoms with Gasteiger partial charge in [-0.15, -0.1) is 0 Å². The van der Waals surface area contributed by atoms with Crippen molar-refractivity contribution in [2.24, 2.45) is 17.6 Å². The molecule has 0 bridgehead atoms. The van der Waals surface area contributed by atoms with E-state index in [1.54, 1.807) is 4.90 Å². The first-order valence-corrected chi connectivity index (χ1v) is 8.58. The Balaban J connectivity index is 2.15. The first kappa shape index (κ1) is 18.5. The number of nitrogens with two attached hydrogens (primary N) is 1. The van der Waals surface area contributed by atoms with Crippen molar-refractivity contribution in [3.63, 3.8) is 0 Å². The Kier molecular flexibility index (Phi) is 5.33. The van der Waals surface area contributed by atoms with Crippen LogP contribution in [0.4, 0.5) is 5.69 Å². The molecule has 1 saturated heterocycles. The Morgan fingerprint density at radius 2 is 2.08 bits per heavy atom. The van der Waals surface area contributed by atoms with E-state index < -0.39 is 5.54 Å². The summed E-state index contributed by atoms with van der Waals surface area (Å²) in [5, 5.41) is 3.06. The van der Waals surface area contributed by atoms with Crippen molar-refractivity contribution >= 4 is 17.5 Å². The first-order chi connectivity index (χ1) is 11.2. The first-order valence-electron chi connectivity index (χ1n) is 8.58. The summed E-state index contributed by atoms with van der Waals surface area (Å²) in [4.78, 5) is 26.8. The number of carbonyl (C=O) groups excluding carboxylic acids is 2. The van der Waals surface area contributed by atoms with Crippen molar-refractivity contribution in [2.45, 2.75) is 46.6 Å². The number of nitrogens with one attached hydrogen (secondary N) is 1. The lowest BCUT2D eigenvalue weighted by Crippen LogP contribution is -2.56. The molecule has 132 valence electrons. The van der Waals surface area contributed by atoms with Gasteiger partial charge in [-0.05, 0) is 43.9 Å². The van der Waals surface area contributed by atoms with Gasteiger partial charge in [0.1, 0.15) is 0 Å². The van der Waals surface area contributed by atoms with E-state index in [1.807, 2.05) is 52.8 Å². The molecule has 5 heteroatoms. The van der Waals surface area contributed by atoms with Crippen molar-refractivity contribution in [3.05, 3.63) is 29.3 Å². The molecular formula is C19H29N3O2. The average molecular weight is 331 g/mol. The molecule has 2 unspecified atom stereocenters. The smallest absolute Gasteiger partial charge is 0.227 e. The number of hydrogen-bond donors (Lipinski definition) is 2. The van der Waals surface area contributed by atoms with Gasteiger partial charge >= 0.3 is 0 Å². The second kappa shape index (κ2) is 6.93. The molecule has 0 radical (unpaired) electrons. The van der Waals surface area contributed by atoms with Crippen LogP contribution in [0.2, 0.25) is 0 Å². The minimum Gasteiger partial charge on any atom is -0.349 e. The molecule has 2 atom stereocenters. The van der Waals surface area contributed by atoms with Gasteiger partial charge in [-0.3, -0.25) is 9.59 Å². The van der Waals surface area contributed by atoms with Gasteiger partial charge < -0.3 is 16.0 Å². The van der Waals surface area contributed by atoms with Crippen molar-refractivity contribution in [3.8, 4) is 0 Å². The fourth-order valence-electron chi connectivity index (χ4n) is 2.96. The average Bonchev–Trinajstić information content (AvgIpc) is 2.91. The predicted octanol–water partition coefficient (Wildman–Crippen LogP) is 2.15. The summed E-state index contributed by atoms with van der Waals surface area (Å²) in [6.07, 6.45) is 0.248. The molecule has 0 spiro atoms. The molecule has 24 heavy (non-hydrogen) atoms. The van der Waals surface area contributed by atoms with E-state index in [1.165, 1.54) is 0 Å². The number of rotatable bonds is 5. The van der Waals surface area contributed by atoms with Crippen LogP contribution in [0.1, 0.15) is 38.3 Å². The SMILES string of the molecule is Cc1cccc(N2CC(C(=O)NC(C)(CN)C(C)C)CC2=O)c1C. The van der Waals surface area contributed by atoms with Crippen LogP contribution >= 0.6 is 0 Å². The molecule has 2 amide bonds. The zero-order valence-electron chi connectivity index (χ0n) is 15.3. The summed E-state index contributed by atoms with van der Waals surface area (Å²) in [5.74, 6) is -0.193. The molecule has 1 aromatic carbocycles. The molecule has 0 aliphatic carbocycles. The standard InChI is InChI=1S/C19H29N3O2/c1-12(2)19(5,11-20)21-18(24)15-9-17(23)22(10-15)16-8-6-7-13(3)14(16)4/h6-8,12,15H,9-11,20H2,1-5H3,(H,21,24). The highest BCUT2D eigenvalue weighted by Gasteiger charge is 2.38. The zero-order chi connectivity index (χ0) is 18.1. The van der Waals surface area contributed by atoms with Crippen LogP contribution < -0.4 is 16.0 Å². The Bertz CT molecular complexity index is 641. The molecule has 1 aromatic rings. The van der Waals surface area contributed by atoms with E-state index in [9.17, 15) is 9.59 Å². The summed E-state index contributed by atoms with van der Waals surface area (Å²) in [5.41, 5.74) is 8.52. The van der Waals surface area contributed by atoms with Gasteiger partial charge in [0.2, 0.25) is 11.8 Å². The largest absolute Gasteiger partial charge is 0.349 e. The van der Waals surface area contributed by atoms with E-state index in [4.69, 9.17) is 5.73 Å². The molecule has 0 aromatic heterocycles. The highest BCUT2D eigenvalue weighted by Crippen LogP contribution is 2.30. The fraction of sp³-hybridized carbons (Fsp3) is 0.579. The van der Waals surface area contributed by atoms with Crippen molar-refractivity contribution in [2.75, 3.05) is 18.0 Å². The quantitative estimate of drug-likeness (QED) is 0.868. The summed E-state index contributed by atoms with van der Waals surface area (Å²) < 4.78 is 0. The maximum absolute atomic E-state index is 12.7. The minimum atomic E-state index is -0.452. The highest BCUT2D eigenvalue weighted by molar-refractivity contribution is 6.01. The summed E-state index contributed by atoms with van der Waals surface area (Å²) in [6.45, 7) is 10.9. The van der Waals surface area contributed by atoms with Gasteiger partial charge in [0.25, 0.3) is 0 Å². The maximum atomic E-state index is 12.7. The van der Waals surface area contributed by atoms with Crippen LogP contribution in [0.3, 0.4) is 0 Å². The van der Waals surface area contributed by atoms with E-state index in [2.05, 4.69) is 5.32 Å². The number of aryl methyl sites for hydroxylation is 1. The number of carbonyl (C=O) groups is 2. The molecule has 2 rings (SSSR count). The van der Waals surface area contributed by atoms with E-state index in [-0.39, 0.29) is 30.1 Å². The fourth-order valence-corrected chi connectivity index (χ4v) is 2.96. The molecule has 1 aliphatic heterocycles. The van der Waals surface area contributed by atoms with E-state index >= 15 is 0 Å². The van der Waals surface area contributed by atoms with Gasteiger partial charge in [0, 0.05) is 25.2 Å². The van der Waals surface area contributed by atoms with Gasteiger partial charge in [-0.2, -0.15) is 0 Å².